The molecule has 1 amide bonds. The molecule has 0 radical (unpaired) electrons. The van der Waals surface area contributed by atoms with Crippen LogP contribution in [0.15, 0.2) is 48.5 Å². The summed E-state index contributed by atoms with van der Waals surface area (Å²) in [5.74, 6) is 0.00947. The number of nitrogens with one attached hydrogen (secondary N) is 1. The van der Waals surface area contributed by atoms with Crippen LogP contribution in [0.25, 0.3) is 0 Å². The van der Waals surface area contributed by atoms with Crippen LogP contribution < -0.4 is 10.2 Å². The van der Waals surface area contributed by atoms with E-state index in [4.69, 9.17) is 4.74 Å². The van der Waals surface area contributed by atoms with E-state index in [1.165, 1.54) is 11.1 Å². The fourth-order valence-corrected chi connectivity index (χ4v) is 3.79. The number of anilines is 1. The zero-order valence-corrected chi connectivity index (χ0v) is 14.4. The third-order valence-electron chi connectivity index (χ3n) is 5.18. The van der Waals surface area contributed by atoms with Crippen LogP contribution >= 0.6 is 0 Å². The van der Waals surface area contributed by atoms with Gasteiger partial charge in [0.05, 0.1) is 19.3 Å². The molecule has 1 heterocycles. The SMILES string of the molecule is O=C(N[C@@H]1CCCc2ccccc21)c1ccc(N2CCOCC2)cc1. The number of hydrogen-bond acceptors (Lipinski definition) is 3. The summed E-state index contributed by atoms with van der Waals surface area (Å²) in [7, 11) is 0. The highest BCUT2D eigenvalue weighted by Gasteiger charge is 2.22. The first-order chi connectivity index (χ1) is 12.3. The summed E-state index contributed by atoms with van der Waals surface area (Å²) in [5, 5.41) is 3.22. The molecule has 1 fully saturated rings. The summed E-state index contributed by atoms with van der Waals surface area (Å²) in [5.41, 5.74) is 4.51. The van der Waals surface area contributed by atoms with Gasteiger partial charge in [0.1, 0.15) is 0 Å². The summed E-state index contributed by atoms with van der Waals surface area (Å²) in [6, 6.07) is 16.5. The van der Waals surface area contributed by atoms with Gasteiger partial charge in [-0.15, -0.1) is 0 Å². The fraction of sp³-hybridized carbons (Fsp3) is 0.381. The second-order valence-corrected chi connectivity index (χ2v) is 6.76. The van der Waals surface area contributed by atoms with Gasteiger partial charge in [-0.05, 0) is 54.7 Å². The van der Waals surface area contributed by atoms with Gasteiger partial charge in [-0.25, -0.2) is 0 Å². The van der Waals surface area contributed by atoms with Crippen LogP contribution in [-0.4, -0.2) is 32.2 Å². The molecule has 0 aromatic heterocycles. The van der Waals surface area contributed by atoms with Crippen molar-refractivity contribution in [3.8, 4) is 0 Å². The molecule has 1 saturated heterocycles. The highest BCUT2D eigenvalue weighted by molar-refractivity contribution is 5.94. The van der Waals surface area contributed by atoms with E-state index in [0.29, 0.717) is 0 Å². The lowest BCUT2D eigenvalue weighted by molar-refractivity contribution is 0.0932. The van der Waals surface area contributed by atoms with Crippen molar-refractivity contribution >= 4 is 11.6 Å². The number of aryl methyl sites for hydroxylation is 1. The number of hydrogen-bond donors (Lipinski definition) is 1. The number of fused-ring (bicyclic) bond motifs is 1. The number of benzene rings is 2. The Bertz CT molecular complexity index is 736. The molecule has 0 saturated carbocycles. The van der Waals surface area contributed by atoms with Crippen molar-refractivity contribution in [1.29, 1.82) is 0 Å². The van der Waals surface area contributed by atoms with Gasteiger partial charge in [-0.3, -0.25) is 4.79 Å². The minimum Gasteiger partial charge on any atom is -0.378 e. The molecule has 1 atom stereocenters. The molecule has 0 bridgehead atoms. The number of carbonyl (C=O) groups excluding carboxylic acids is 1. The zero-order valence-electron chi connectivity index (χ0n) is 14.4. The summed E-state index contributed by atoms with van der Waals surface area (Å²) in [4.78, 5) is 15.0. The van der Waals surface area contributed by atoms with E-state index < -0.39 is 0 Å². The summed E-state index contributed by atoms with van der Waals surface area (Å²) < 4.78 is 5.39. The Morgan fingerprint density at radius 2 is 1.80 bits per heavy atom. The Labute approximate surface area is 148 Å². The normalized spacial score (nSPS) is 20.0. The number of ether oxygens (including phenoxy) is 1. The van der Waals surface area contributed by atoms with E-state index in [1.807, 2.05) is 24.3 Å². The van der Waals surface area contributed by atoms with Crippen molar-refractivity contribution in [3.05, 3.63) is 65.2 Å². The van der Waals surface area contributed by atoms with Crippen LogP contribution in [0, 0.1) is 0 Å². The Balaban J connectivity index is 1.45. The van der Waals surface area contributed by atoms with Gasteiger partial charge in [0.15, 0.2) is 0 Å². The molecule has 2 aromatic carbocycles. The van der Waals surface area contributed by atoms with Gasteiger partial charge in [-0.2, -0.15) is 0 Å². The molecule has 1 aliphatic heterocycles. The second-order valence-electron chi connectivity index (χ2n) is 6.76. The number of amides is 1. The molecule has 2 aliphatic rings. The largest absolute Gasteiger partial charge is 0.378 e. The minimum absolute atomic E-state index is 0.00947. The van der Waals surface area contributed by atoms with Gasteiger partial charge in [0.25, 0.3) is 5.91 Å². The third-order valence-corrected chi connectivity index (χ3v) is 5.18. The average Bonchev–Trinajstić information content (AvgIpc) is 2.69. The van der Waals surface area contributed by atoms with Crippen molar-refractivity contribution in [1.82, 2.24) is 5.32 Å². The first-order valence-corrected chi connectivity index (χ1v) is 9.13. The number of morpholine rings is 1. The average molecular weight is 336 g/mol. The van der Waals surface area contributed by atoms with E-state index in [0.717, 1.165) is 56.8 Å². The van der Waals surface area contributed by atoms with Crippen LogP contribution in [-0.2, 0) is 11.2 Å². The first kappa shape index (κ1) is 16.2. The molecule has 4 heteroatoms. The summed E-state index contributed by atoms with van der Waals surface area (Å²) in [6.07, 6.45) is 3.24. The fourth-order valence-electron chi connectivity index (χ4n) is 3.79. The molecule has 0 spiro atoms. The maximum Gasteiger partial charge on any atom is 0.251 e. The Morgan fingerprint density at radius 1 is 1.04 bits per heavy atom. The van der Waals surface area contributed by atoms with Crippen molar-refractivity contribution in [2.45, 2.75) is 25.3 Å². The van der Waals surface area contributed by atoms with Crippen molar-refractivity contribution in [2.75, 3.05) is 31.2 Å². The smallest absolute Gasteiger partial charge is 0.251 e. The lowest BCUT2D eigenvalue weighted by Gasteiger charge is -2.29. The Morgan fingerprint density at radius 3 is 2.60 bits per heavy atom. The highest BCUT2D eigenvalue weighted by atomic mass is 16.5. The zero-order chi connectivity index (χ0) is 17.1. The first-order valence-electron chi connectivity index (χ1n) is 9.13. The van der Waals surface area contributed by atoms with Crippen LogP contribution in [0.1, 0.15) is 40.4 Å². The summed E-state index contributed by atoms with van der Waals surface area (Å²) >= 11 is 0. The molecule has 4 nitrogen and oxygen atoms in total. The monoisotopic (exact) mass is 336 g/mol. The predicted molar refractivity (Wildman–Crippen MR) is 99.1 cm³/mol. The molecule has 0 unspecified atom stereocenters. The minimum atomic E-state index is 0.00947. The molecule has 1 N–H and O–H groups in total. The van der Waals surface area contributed by atoms with Gasteiger partial charge in [0.2, 0.25) is 0 Å². The maximum atomic E-state index is 12.7. The lowest BCUT2D eigenvalue weighted by atomic mass is 9.87. The third kappa shape index (κ3) is 3.54. The van der Waals surface area contributed by atoms with E-state index >= 15 is 0 Å². The van der Waals surface area contributed by atoms with Crippen LogP contribution in [0.4, 0.5) is 5.69 Å². The van der Waals surface area contributed by atoms with Crippen molar-refractivity contribution in [3.63, 3.8) is 0 Å². The van der Waals surface area contributed by atoms with Crippen LogP contribution in [0.3, 0.4) is 0 Å². The molecular weight excluding hydrogens is 312 g/mol. The van der Waals surface area contributed by atoms with Crippen LogP contribution in [0.5, 0.6) is 0 Å². The van der Waals surface area contributed by atoms with E-state index in [1.54, 1.807) is 0 Å². The van der Waals surface area contributed by atoms with E-state index in [-0.39, 0.29) is 11.9 Å². The Hall–Kier alpha value is -2.33. The quantitative estimate of drug-likeness (QED) is 0.935. The standard InChI is InChI=1S/C21H24N2O2/c24-21(22-20-7-3-5-16-4-1-2-6-19(16)20)17-8-10-18(11-9-17)23-12-14-25-15-13-23/h1-2,4,6,8-11,20H,3,5,7,12-15H2,(H,22,24)/t20-/m1/s1. The second kappa shape index (κ2) is 7.28. The predicted octanol–water partition coefficient (Wildman–Crippen LogP) is 3.33. The number of carbonyl (C=O) groups is 1. The topological polar surface area (TPSA) is 41.6 Å². The molecule has 130 valence electrons. The van der Waals surface area contributed by atoms with Crippen molar-refractivity contribution < 1.29 is 9.53 Å². The van der Waals surface area contributed by atoms with Crippen LogP contribution in [0.2, 0.25) is 0 Å². The molecule has 4 rings (SSSR count). The molecule has 25 heavy (non-hydrogen) atoms. The van der Waals surface area contributed by atoms with Gasteiger partial charge in [-0.1, -0.05) is 24.3 Å². The summed E-state index contributed by atoms with van der Waals surface area (Å²) in [6.45, 7) is 3.35. The van der Waals surface area contributed by atoms with Gasteiger partial charge in [0, 0.05) is 24.3 Å². The number of nitrogens with zero attached hydrogens (tertiary/aromatic N) is 1. The Kier molecular flexibility index (Phi) is 4.70. The maximum absolute atomic E-state index is 12.7. The van der Waals surface area contributed by atoms with Crippen molar-refractivity contribution in [2.24, 2.45) is 0 Å². The highest BCUT2D eigenvalue weighted by Crippen LogP contribution is 2.29. The number of rotatable bonds is 3. The molecule has 1 aliphatic carbocycles. The van der Waals surface area contributed by atoms with E-state index in [2.05, 4.69) is 34.5 Å². The van der Waals surface area contributed by atoms with Gasteiger partial charge < -0.3 is 15.0 Å². The van der Waals surface area contributed by atoms with Gasteiger partial charge >= 0.3 is 0 Å². The molecular formula is C21H24N2O2. The van der Waals surface area contributed by atoms with E-state index in [9.17, 15) is 4.79 Å². The lowest BCUT2D eigenvalue weighted by Crippen LogP contribution is -2.36. The molecule has 2 aromatic rings.